The zero-order valence-corrected chi connectivity index (χ0v) is 16.6. The van der Waals surface area contributed by atoms with Crippen molar-refractivity contribution in [2.75, 3.05) is 13.2 Å². The topological polar surface area (TPSA) is 18.5 Å². The number of rotatable bonds is 8. The number of hydrogen-bond acceptors (Lipinski definition) is 3. The van der Waals surface area contributed by atoms with E-state index in [9.17, 15) is 0 Å². The summed E-state index contributed by atoms with van der Waals surface area (Å²) in [5, 5.41) is 0.456. The summed E-state index contributed by atoms with van der Waals surface area (Å²) in [6, 6.07) is 9.07. The van der Waals surface area contributed by atoms with E-state index in [0.29, 0.717) is 11.2 Å². The highest BCUT2D eigenvalue weighted by atomic mass is 32.1. The van der Waals surface area contributed by atoms with Crippen LogP contribution in [0.1, 0.15) is 58.1 Å². The van der Waals surface area contributed by atoms with Gasteiger partial charge in [-0.05, 0) is 54.4 Å². The van der Waals surface area contributed by atoms with E-state index < -0.39 is 0 Å². The van der Waals surface area contributed by atoms with E-state index in [1.807, 2.05) is 0 Å². The van der Waals surface area contributed by atoms with Crippen molar-refractivity contribution in [1.82, 2.24) is 0 Å². The fourth-order valence-corrected chi connectivity index (χ4v) is 3.47. The maximum absolute atomic E-state index is 5.98. The Hall–Kier alpha value is -0.510. The molecule has 2 nitrogen and oxygen atoms in total. The Morgan fingerprint density at radius 2 is 1.67 bits per heavy atom. The maximum atomic E-state index is 5.98. The minimum absolute atomic E-state index is 0.0291. The Kier molecular flexibility index (Phi) is 7.64. The number of hydrogen-bond donors (Lipinski definition) is 1. The Morgan fingerprint density at radius 1 is 1.08 bits per heavy atom. The van der Waals surface area contributed by atoms with Crippen LogP contribution in [0.4, 0.5) is 0 Å². The van der Waals surface area contributed by atoms with Gasteiger partial charge in [-0.3, -0.25) is 0 Å². The molecule has 3 heteroatoms. The van der Waals surface area contributed by atoms with Crippen molar-refractivity contribution in [2.45, 2.75) is 71.3 Å². The first-order valence-electron chi connectivity index (χ1n) is 9.35. The normalized spacial score (nSPS) is 25.8. The first-order valence-corrected chi connectivity index (χ1v) is 9.87. The summed E-state index contributed by atoms with van der Waals surface area (Å²) in [6.45, 7) is 10.5. The van der Waals surface area contributed by atoms with Gasteiger partial charge in [-0.2, -0.15) is 12.6 Å². The second-order valence-electron chi connectivity index (χ2n) is 8.23. The Balaban J connectivity index is 1.78. The van der Waals surface area contributed by atoms with Gasteiger partial charge in [0, 0.05) is 5.41 Å². The molecule has 136 valence electrons. The van der Waals surface area contributed by atoms with Crippen LogP contribution in [0.3, 0.4) is 0 Å². The molecule has 1 fully saturated rings. The molecular formula is C21H34O2S. The third-order valence-electron chi connectivity index (χ3n) is 4.59. The first-order chi connectivity index (χ1) is 11.4. The van der Waals surface area contributed by atoms with Gasteiger partial charge in [-0.15, -0.1) is 0 Å². The molecule has 0 amide bonds. The van der Waals surface area contributed by atoms with E-state index in [2.05, 4.69) is 64.6 Å². The van der Waals surface area contributed by atoms with Crippen LogP contribution in [0.25, 0.3) is 0 Å². The average Bonchev–Trinajstić information content (AvgIpc) is 2.50. The number of benzene rings is 1. The summed E-state index contributed by atoms with van der Waals surface area (Å²) in [6.07, 6.45) is 5.34. The largest absolute Gasteiger partial charge is 0.352 e. The third-order valence-corrected chi connectivity index (χ3v) is 4.85. The molecule has 1 aromatic rings. The lowest BCUT2D eigenvalue weighted by Gasteiger charge is -2.37. The van der Waals surface area contributed by atoms with Gasteiger partial charge in [-0.1, -0.05) is 52.0 Å². The fourth-order valence-electron chi connectivity index (χ4n) is 3.28. The maximum Gasteiger partial charge on any atom is 0.157 e. The predicted octanol–water partition coefficient (Wildman–Crippen LogP) is 5.30. The monoisotopic (exact) mass is 350 g/mol. The summed E-state index contributed by atoms with van der Waals surface area (Å²) in [4.78, 5) is 0. The molecule has 1 aliphatic rings. The molecule has 1 heterocycles. The summed E-state index contributed by atoms with van der Waals surface area (Å²) in [5.41, 5.74) is 2.88. The van der Waals surface area contributed by atoms with E-state index in [-0.39, 0.29) is 11.7 Å². The zero-order chi connectivity index (χ0) is 17.6. The average molecular weight is 351 g/mol. The number of thiol groups is 1. The highest BCUT2D eigenvalue weighted by Gasteiger charge is 2.32. The summed E-state index contributed by atoms with van der Waals surface area (Å²) >= 11 is 4.42. The molecule has 1 saturated heterocycles. The molecule has 0 saturated carbocycles. The van der Waals surface area contributed by atoms with Gasteiger partial charge in [0.05, 0.1) is 13.2 Å². The Labute approximate surface area is 153 Å². The second-order valence-corrected chi connectivity index (χ2v) is 9.11. The summed E-state index contributed by atoms with van der Waals surface area (Å²) in [7, 11) is 0. The van der Waals surface area contributed by atoms with Crippen molar-refractivity contribution in [3.63, 3.8) is 0 Å². The lowest BCUT2D eigenvalue weighted by molar-refractivity contribution is -0.227. The van der Waals surface area contributed by atoms with E-state index >= 15 is 0 Å². The second kappa shape index (κ2) is 9.26. The molecular weight excluding hydrogens is 316 g/mol. The van der Waals surface area contributed by atoms with Crippen LogP contribution in [-0.4, -0.2) is 24.8 Å². The van der Waals surface area contributed by atoms with Gasteiger partial charge in [0.2, 0.25) is 0 Å². The van der Waals surface area contributed by atoms with Crippen LogP contribution < -0.4 is 0 Å². The van der Waals surface area contributed by atoms with Crippen LogP contribution in [0.15, 0.2) is 24.3 Å². The van der Waals surface area contributed by atoms with Crippen molar-refractivity contribution >= 4 is 12.6 Å². The standard InChI is InChI=1S/C21H34O2S/c1-16(2)12-18-8-10-19(11-9-18)13-21(4)14-22-20(23-15-21)7-5-6-17(3)24/h8-11,16-17,20,24H,5-7,12-15H2,1-4H3. The molecule has 1 aliphatic heterocycles. The highest BCUT2D eigenvalue weighted by molar-refractivity contribution is 7.80. The predicted molar refractivity (Wildman–Crippen MR) is 105 cm³/mol. The molecule has 1 unspecified atom stereocenters. The van der Waals surface area contributed by atoms with Crippen molar-refractivity contribution in [2.24, 2.45) is 11.3 Å². The van der Waals surface area contributed by atoms with Crippen LogP contribution in [0.2, 0.25) is 0 Å². The fraction of sp³-hybridized carbons (Fsp3) is 0.714. The van der Waals surface area contributed by atoms with Crippen molar-refractivity contribution in [3.8, 4) is 0 Å². The van der Waals surface area contributed by atoms with Crippen molar-refractivity contribution < 1.29 is 9.47 Å². The molecule has 1 atom stereocenters. The van der Waals surface area contributed by atoms with Gasteiger partial charge in [0.15, 0.2) is 6.29 Å². The van der Waals surface area contributed by atoms with E-state index in [1.54, 1.807) is 0 Å². The van der Waals surface area contributed by atoms with Gasteiger partial charge >= 0.3 is 0 Å². The van der Waals surface area contributed by atoms with E-state index in [4.69, 9.17) is 9.47 Å². The molecule has 0 radical (unpaired) electrons. The van der Waals surface area contributed by atoms with E-state index in [0.717, 1.165) is 45.3 Å². The number of ether oxygens (including phenoxy) is 2. The zero-order valence-electron chi connectivity index (χ0n) is 15.8. The quantitative estimate of drug-likeness (QED) is 0.642. The lowest BCUT2D eigenvalue weighted by atomic mass is 9.84. The van der Waals surface area contributed by atoms with Crippen molar-refractivity contribution in [1.29, 1.82) is 0 Å². The molecule has 0 aromatic heterocycles. The SMILES string of the molecule is CC(C)Cc1ccc(CC2(C)COC(CCCC(C)S)OC2)cc1. The van der Waals surface area contributed by atoms with Crippen LogP contribution in [-0.2, 0) is 22.3 Å². The van der Waals surface area contributed by atoms with Gasteiger partial charge < -0.3 is 9.47 Å². The van der Waals surface area contributed by atoms with Crippen LogP contribution in [0.5, 0.6) is 0 Å². The van der Waals surface area contributed by atoms with Gasteiger partial charge in [0.1, 0.15) is 0 Å². The highest BCUT2D eigenvalue weighted by Crippen LogP contribution is 2.30. The summed E-state index contributed by atoms with van der Waals surface area (Å²) < 4.78 is 12.0. The lowest BCUT2D eigenvalue weighted by Crippen LogP contribution is -2.41. The molecule has 1 aromatic carbocycles. The summed E-state index contributed by atoms with van der Waals surface area (Å²) in [5.74, 6) is 0.705. The van der Waals surface area contributed by atoms with Crippen LogP contribution >= 0.6 is 12.6 Å². The van der Waals surface area contributed by atoms with E-state index in [1.165, 1.54) is 11.1 Å². The molecule has 0 bridgehead atoms. The molecule has 24 heavy (non-hydrogen) atoms. The molecule has 2 rings (SSSR count). The van der Waals surface area contributed by atoms with Crippen LogP contribution in [0, 0.1) is 11.3 Å². The molecule has 0 spiro atoms. The van der Waals surface area contributed by atoms with Gasteiger partial charge in [0.25, 0.3) is 0 Å². The minimum Gasteiger partial charge on any atom is -0.352 e. The molecule has 0 aliphatic carbocycles. The molecule has 0 N–H and O–H groups in total. The van der Waals surface area contributed by atoms with Gasteiger partial charge in [-0.25, -0.2) is 0 Å². The minimum atomic E-state index is -0.0291. The van der Waals surface area contributed by atoms with Crippen molar-refractivity contribution in [3.05, 3.63) is 35.4 Å². The Bertz CT molecular complexity index is 473. The smallest absolute Gasteiger partial charge is 0.157 e. The first kappa shape index (κ1) is 19.8. The Morgan fingerprint density at radius 3 is 2.21 bits per heavy atom. The third kappa shape index (κ3) is 6.78.